The molecule has 0 aliphatic carbocycles. The van der Waals surface area contributed by atoms with E-state index in [0.717, 1.165) is 17.1 Å². The number of aryl methyl sites for hydroxylation is 1. The predicted octanol–water partition coefficient (Wildman–Crippen LogP) is 3.41. The minimum atomic E-state index is -0.206. The summed E-state index contributed by atoms with van der Waals surface area (Å²) in [4.78, 5) is 8.47. The Bertz CT molecular complexity index is 552. The van der Waals surface area contributed by atoms with Crippen LogP contribution in [0.3, 0.4) is 0 Å². The first-order valence-corrected chi connectivity index (χ1v) is 6.83. The maximum atomic E-state index is 13.0. The van der Waals surface area contributed by atoms with Crippen molar-refractivity contribution in [1.29, 1.82) is 0 Å². The van der Waals surface area contributed by atoms with Gasteiger partial charge in [0.15, 0.2) is 0 Å². The molecule has 0 saturated carbocycles. The Hall–Kier alpha value is -1.81. The molecule has 1 aromatic carbocycles. The molecular formula is C16H20FN3. The molecule has 0 aliphatic rings. The lowest BCUT2D eigenvalue weighted by atomic mass is 9.96. The van der Waals surface area contributed by atoms with E-state index >= 15 is 0 Å². The monoisotopic (exact) mass is 273 g/mol. The Morgan fingerprint density at radius 2 is 1.85 bits per heavy atom. The number of nitrogens with one attached hydrogen (secondary N) is 1. The van der Waals surface area contributed by atoms with Crippen LogP contribution in [0.5, 0.6) is 0 Å². The maximum absolute atomic E-state index is 13.0. The van der Waals surface area contributed by atoms with Gasteiger partial charge in [-0.15, -0.1) is 0 Å². The van der Waals surface area contributed by atoms with E-state index in [0.29, 0.717) is 12.5 Å². The van der Waals surface area contributed by atoms with Crippen molar-refractivity contribution in [2.24, 2.45) is 5.92 Å². The predicted molar refractivity (Wildman–Crippen MR) is 77.6 cm³/mol. The van der Waals surface area contributed by atoms with E-state index in [1.54, 1.807) is 6.20 Å². The van der Waals surface area contributed by atoms with Gasteiger partial charge in [-0.25, -0.2) is 14.4 Å². The van der Waals surface area contributed by atoms with Crippen molar-refractivity contribution in [1.82, 2.24) is 15.3 Å². The average molecular weight is 273 g/mol. The summed E-state index contributed by atoms with van der Waals surface area (Å²) in [7, 11) is 0. The van der Waals surface area contributed by atoms with Gasteiger partial charge in [0, 0.05) is 18.8 Å². The summed E-state index contributed by atoms with van der Waals surface area (Å²) in [6.07, 6.45) is 1.77. The maximum Gasteiger partial charge on any atom is 0.125 e. The molecule has 4 heteroatoms. The smallest absolute Gasteiger partial charge is 0.125 e. The van der Waals surface area contributed by atoms with Gasteiger partial charge in [-0.3, -0.25) is 0 Å². The quantitative estimate of drug-likeness (QED) is 0.907. The molecule has 20 heavy (non-hydrogen) atoms. The topological polar surface area (TPSA) is 37.8 Å². The van der Waals surface area contributed by atoms with Crippen molar-refractivity contribution < 1.29 is 4.39 Å². The van der Waals surface area contributed by atoms with Crippen molar-refractivity contribution >= 4 is 0 Å². The van der Waals surface area contributed by atoms with Crippen molar-refractivity contribution in [2.45, 2.75) is 33.4 Å². The van der Waals surface area contributed by atoms with Crippen LogP contribution in [0.25, 0.3) is 0 Å². The summed E-state index contributed by atoms with van der Waals surface area (Å²) in [6, 6.07) is 8.74. The third-order valence-electron chi connectivity index (χ3n) is 3.23. The molecule has 0 saturated heterocycles. The highest BCUT2D eigenvalue weighted by atomic mass is 19.1. The van der Waals surface area contributed by atoms with Crippen molar-refractivity contribution in [2.75, 3.05) is 0 Å². The SMILES string of the molecule is Cc1nccc(CNC(c2ccc(F)cc2)C(C)C)n1. The van der Waals surface area contributed by atoms with Crippen molar-refractivity contribution in [3.05, 3.63) is 59.4 Å². The minimum Gasteiger partial charge on any atom is -0.304 e. The van der Waals surface area contributed by atoms with Crippen LogP contribution in [-0.4, -0.2) is 9.97 Å². The van der Waals surface area contributed by atoms with Crippen molar-refractivity contribution in [3.63, 3.8) is 0 Å². The summed E-state index contributed by atoms with van der Waals surface area (Å²) in [5.74, 6) is 0.971. The fraction of sp³-hybridized carbons (Fsp3) is 0.375. The van der Waals surface area contributed by atoms with E-state index in [9.17, 15) is 4.39 Å². The first kappa shape index (κ1) is 14.6. The molecule has 2 rings (SSSR count). The van der Waals surface area contributed by atoms with E-state index < -0.39 is 0 Å². The van der Waals surface area contributed by atoms with Gasteiger partial charge in [0.05, 0.1) is 5.69 Å². The zero-order valence-electron chi connectivity index (χ0n) is 12.1. The van der Waals surface area contributed by atoms with Gasteiger partial charge in [-0.1, -0.05) is 26.0 Å². The van der Waals surface area contributed by atoms with E-state index in [-0.39, 0.29) is 11.9 Å². The number of aromatic nitrogens is 2. The number of hydrogen-bond acceptors (Lipinski definition) is 3. The van der Waals surface area contributed by atoms with E-state index in [1.807, 2.05) is 25.1 Å². The molecule has 0 bridgehead atoms. The zero-order chi connectivity index (χ0) is 14.5. The molecule has 1 heterocycles. The highest BCUT2D eigenvalue weighted by molar-refractivity contribution is 5.20. The Morgan fingerprint density at radius 3 is 2.45 bits per heavy atom. The molecule has 3 nitrogen and oxygen atoms in total. The number of halogens is 1. The third-order valence-corrected chi connectivity index (χ3v) is 3.23. The first-order chi connectivity index (χ1) is 9.56. The van der Waals surface area contributed by atoms with Gasteiger partial charge in [-0.2, -0.15) is 0 Å². The van der Waals surface area contributed by atoms with Crippen LogP contribution in [0.2, 0.25) is 0 Å². The van der Waals surface area contributed by atoms with Crippen LogP contribution in [-0.2, 0) is 6.54 Å². The lowest BCUT2D eigenvalue weighted by Gasteiger charge is -2.23. The molecule has 1 unspecified atom stereocenters. The molecule has 0 aliphatic heterocycles. The molecule has 1 atom stereocenters. The first-order valence-electron chi connectivity index (χ1n) is 6.83. The molecule has 1 N–H and O–H groups in total. The zero-order valence-corrected chi connectivity index (χ0v) is 12.1. The molecule has 0 amide bonds. The van der Waals surface area contributed by atoms with E-state index in [4.69, 9.17) is 0 Å². The van der Waals surface area contributed by atoms with E-state index in [1.165, 1.54) is 12.1 Å². The molecular weight excluding hydrogens is 253 g/mol. The highest BCUT2D eigenvalue weighted by Crippen LogP contribution is 2.22. The Kier molecular flexibility index (Phi) is 4.79. The molecule has 2 aromatic rings. The standard InChI is InChI=1S/C16H20FN3/c1-11(2)16(13-4-6-14(17)7-5-13)19-10-15-8-9-18-12(3)20-15/h4-9,11,16,19H,10H2,1-3H3. The van der Waals surface area contributed by atoms with E-state index in [2.05, 4.69) is 29.1 Å². The van der Waals surface area contributed by atoms with Crippen LogP contribution in [0, 0.1) is 18.7 Å². The second kappa shape index (κ2) is 6.57. The van der Waals surface area contributed by atoms with Gasteiger partial charge in [0.25, 0.3) is 0 Å². The summed E-state index contributed by atoms with van der Waals surface area (Å²) < 4.78 is 13.0. The lowest BCUT2D eigenvalue weighted by Crippen LogP contribution is -2.25. The summed E-state index contributed by atoms with van der Waals surface area (Å²) in [5, 5.41) is 3.49. The summed E-state index contributed by atoms with van der Waals surface area (Å²) in [5.41, 5.74) is 2.05. The summed E-state index contributed by atoms with van der Waals surface area (Å²) >= 11 is 0. The van der Waals surface area contributed by atoms with Crippen LogP contribution >= 0.6 is 0 Å². The van der Waals surface area contributed by atoms with Gasteiger partial charge >= 0.3 is 0 Å². The molecule has 0 spiro atoms. The number of benzene rings is 1. The molecule has 0 radical (unpaired) electrons. The Morgan fingerprint density at radius 1 is 1.15 bits per heavy atom. The minimum absolute atomic E-state index is 0.172. The highest BCUT2D eigenvalue weighted by Gasteiger charge is 2.15. The van der Waals surface area contributed by atoms with Crippen LogP contribution in [0.4, 0.5) is 4.39 Å². The lowest BCUT2D eigenvalue weighted by molar-refractivity contribution is 0.407. The second-order valence-electron chi connectivity index (χ2n) is 5.25. The normalized spacial score (nSPS) is 12.7. The van der Waals surface area contributed by atoms with Gasteiger partial charge in [0.2, 0.25) is 0 Å². The molecule has 1 aromatic heterocycles. The largest absolute Gasteiger partial charge is 0.304 e. The van der Waals surface area contributed by atoms with Gasteiger partial charge < -0.3 is 5.32 Å². The summed E-state index contributed by atoms with van der Waals surface area (Å²) in [6.45, 7) is 6.84. The number of nitrogens with zero attached hydrogens (tertiary/aromatic N) is 2. The van der Waals surface area contributed by atoms with Crippen LogP contribution in [0.15, 0.2) is 36.5 Å². The average Bonchev–Trinajstić information content (AvgIpc) is 2.41. The van der Waals surface area contributed by atoms with Gasteiger partial charge in [0.1, 0.15) is 11.6 Å². The Labute approximate surface area is 119 Å². The molecule has 106 valence electrons. The number of hydrogen-bond donors (Lipinski definition) is 1. The van der Waals surface area contributed by atoms with Crippen LogP contribution < -0.4 is 5.32 Å². The second-order valence-corrected chi connectivity index (χ2v) is 5.25. The Balaban J connectivity index is 2.08. The molecule has 0 fully saturated rings. The van der Waals surface area contributed by atoms with Crippen molar-refractivity contribution in [3.8, 4) is 0 Å². The van der Waals surface area contributed by atoms with Gasteiger partial charge in [-0.05, 0) is 36.6 Å². The van der Waals surface area contributed by atoms with Crippen LogP contribution in [0.1, 0.15) is 37.0 Å². The fourth-order valence-electron chi connectivity index (χ4n) is 2.23. The third kappa shape index (κ3) is 3.84. The number of rotatable bonds is 5. The fourth-order valence-corrected chi connectivity index (χ4v) is 2.23.